The molecule has 1 aromatic heterocycles. The van der Waals surface area contributed by atoms with Gasteiger partial charge < -0.3 is 25.4 Å². The summed E-state index contributed by atoms with van der Waals surface area (Å²) < 4.78 is 0. The van der Waals surface area contributed by atoms with Gasteiger partial charge in [-0.15, -0.1) is 12.4 Å². The minimum Gasteiger partial charge on any atom is -0.506 e. The van der Waals surface area contributed by atoms with E-state index < -0.39 is 22.8 Å². The molecule has 1 aliphatic carbocycles. The minimum atomic E-state index is -1.43. The quantitative estimate of drug-likeness (QED) is 0.607. The van der Waals surface area contributed by atoms with Crippen LogP contribution in [0.3, 0.4) is 0 Å². The summed E-state index contributed by atoms with van der Waals surface area (Å²) in [5.74, 6) is -0.445. The lowest BCUT2D eigenvalue weighted by Gasteiger charge is -2.22. The first-order valence-corrected chi connectivity index (χ1v) is 9.20. The smallest absolute Gasteiger partial charge is 0.345 e. The molecule has 1 aromatic carbocycles. The number of hydrogen-bond acceptors (Lipinski definition) is 5. The van der Waals surface area contributed by atoms with E-state index in [0.717, 1.165) is 36.2 Å². The van der Waals surface area contributed by atoms with E-state index in [4.69, 9.17) is 5.11 Å². The van der Waals surface area contributed by atoms with Crippen molar-refractivity contribution >= 4 is 24.1 Å². The van der Waals surface area contributed by atoms with Crippen LogP contribution in [0.4, 0.5) is 5.69 Å². The van der Waals surface area contributed by atoms with Crippen LogP contribution in [0.15, 0.2) is 29.1 Å². The normalized spacial score (nSPS) is 22.5. The summed E-state index contributed by atoms with van der Waals surface area (Å²) in [4.78, 5) is 28.3. The largest absolute Gasteiger partial charge is 0.506 e. The number of aromatic amines is 1. The molecule has 2 aromatic rings. The van der Waals surface area contributed by atoms with Crippen LogP contribution in [0.5, 0.6) is 5.75 Å². The SMILES string of the molecule is CCc1c(-c2ccc(N3C[C@@H]4C(NC)[C@@H]4C3)cc2)[nH]c(=O)c(C(=O)O)c1O.Cl. The molecule has 1 saturated carbocycles. The Balaban J connectivity index is 0.00000225. The highest BCUT2D eigenvalue weighted by Gasteiger charge is 2.54. The van der Waals surface area contributed by atoms with Crippen molar-refractivity contribution < 1.29 is 15.0 Å². The van der Waals surface area contributed by atoms with Gasteiger partial charge in [0.25, 0.3) is 5.56 Å². The molecule has 3 atom stereocenters. The summed E-state index contributed by atoms with van der Waals surface area (Å²) in [7, 11) is 2.01. The van der Waals surface area contributed by atoms with Crippen molar-refractivity contribution in [2.75, 3.05) is 25.0 Å². The predicted octanol–water partition coefficient (Wildman–Crippen LogP) is 2.08. The van der Waals surface area contributed by atoms with Crippen molar-refractivity contribution in [2.45, 2.75) is 19.4 Å². The molecule has 2 heterocycles. The third kappa shape index (κ3) is 3.14. The number of benzene rings is 1. The second kappa shape index (κ2) is 7.48. The third-order valence-corrected chi connectivity index (χ3v) is 5.91. The van der Waals surface area contributed by atoms with Crippen molar-refractivity contribution in [3.8, 4) is 17.0 Å². The number of anilines is 1. The molecule has 0 amide bonds. The number of rotatable bonds is 5. The lowest BCUT2D eigenvalue weighted by atomic mass is 10.0. The Bertz CT molecular complexity index is 945. The molecule has 7 nitrogen and oxygen atoms in total. The van der Waals surface area contributed by atoms with Crippen LogP contribution in [0, 0.1) is 11.8 Å². The van der Waals surface area contributed by atoms with Crippen LogP contribution < -0.4 is 15.8 Å². The first-order chi connectivity index (χ1) is 13.0. The summed E-state index contributed by atoms with van der Waals surface area (Å²) in [6.45, 7) is 3.90. The van der Waals surface area contributed by atoms with Crippen LogP contribution >= 0.6 is 12.4 Å². The molecule has 0 spiro atoms. The highest BCUT2D eigenvalue weighted by molar-refractivity contribution is 5.92. The van der Waals surface area contributed by atoms with Gasteiger partial charge in [-0.25, -0.2) is 4.79 Å². The molecule has 28 heavy (non-hydrogen) atoms. The topological polar surface area (TPSA) is 106 Å². The van der Waals surface area contributed by atoms with Crippen molar-refractivity contribution in [1.29, 1.82) is 0 Å². The lowest BCUT2D eigenvalue weighted by Crippen LogP contribution is -2.29. The number of nitrogens with one attached hydrogen (secondary N) is 2. The van der Waals surface area contributed by atoms with Crippen LogP contribution in [0.2, 0.25) is 0 Å². The van der Waals surface area contributed by atoms with E-state index in [9.17, 15) is 14.7 Å². The van der Waals surface area contributed by atoms with Gasteiger partial charge in [-0.2, -0.15) is 0 Å². The average molecular weight is 406 g/mol. The van der Waals surface area contributed by atoms with Gasteiger partial charge in [0.2, 0.25) is 0 Å². The molecule has 4 rings (SSSR count). The van der Waals surface area contributed by atoms with Crippen molar-refractivity contribution in [3.05, 3.63) is 45.7 Å². The van der Waals surface area contributed by atoms with Crippen molar-refractivity contribution in [1.82, 2.24) is 10.3 Å². The number of aromatic hydroxyl groups is 1. The maximum Gasteiger partial charge on any atom is 0.345 e. The van der Waals surface area contributed by atoms with E-state index in [-0.39, 0.29) is 12.4 Å². The number of nitrogens with zero attached hydrogens (tertiary/aromatic N) is 1. The number of carbonyl (C=O) groups is 1. The average Bonchev–Trinajstić information content (AvgIpc) is 3.12. The Morgan fingerprint density at radius 1 is 1.25 bits per heavy atom. The number of hydrogen-bond donors (Lipinski definition) is 4. The number of H-pyrrole nitrogens is 1. The van der Waals surface area contributed by atoms with Gasteiger partial charge in [-0.3, -0.25) is 4.79 Å². The summed E-state index contributed by atoms with van der Waals surface area (Å²) >= 11 is 0. The zero-order valence-corrected chi connectivity index (χ0v) is 16.5. The number of piperidine rings is 1. The molecular weight excluding hydrogens is 382 g/mol. The van der Waals surface area contributed by atoms with Gasteiger partial charge in [0.1, 0.15) is 5.75 Å². The molecule has 1 unspecified atom stereocenters. The monoisotopic (exact) mass is 405 g/mol. The molecule has 8 heteroatoms. The first-order valence-electron chi connectivity index (χ1n) is 9.20. The van der Waals surface area contributed by atoms with Gasteiger partial charge in [0.15, 0.2) is 5.56 Å². The molecule has 150 valence electrons. The van der Waals surface area contributed by atoms with Gasteiger partial charge in [0, 0.05) is 30.4 Å². The Hall–Kier alpha value is -2.51. The van der Waals surface area contributed by atoms with E-state index >= 15 is 0 Å². The summed E-state index contributed by atoms with van der Waals surface area (Å²) in [6, 6.07) is 8.47. The maximum atomic E-state index is 12.1. The number of aromatic nitrogens is 1. The summed E-state index contributed by atoms with van der Waals surface area (Å²) in [6.07, 6.45) is 0.404. The highest BCUT2D eigenvalue weighted by Crippen LogP contribution is 2.46. The Morgan fingerprint density at radius 2 is 1.86 bits per heavy atom. The van der Waals surface area contributed by atoms with Crippen LogP contribution in [0.1, 0.15) is 22.8 Å². The fraction of sp³-hybridized carbons (Fsp3) is 0.400. The van der Waals surface area contributed by atoms with E-state index in [1.54, 1.807) is 0 Å². The number of pyridine rings is 1. The number of fused-ring (bicyclic) bond motifs is 1. The first kappa shape index (κ1) is 20.2. The van der Waals surface area contributed by atoms with Gasteiger partial charge in [-0.05, 0) is 43.0 Å². The lowest BCUT2D eigenvalue weighted by molar-refractivity contribution is 0.0691. The molecule has 4 N–H and O–H groups in total. The Morgan fingerprint density at radius 3 is 2.36 bits per heavy atom. The fourth-order valence-corrected chi connectivity index (χ4v) is 4.42. The number of carboxylic acids is 1. The zero-order valence-electron chi connectivity index (χ0n) is 15.7. The van der Waals surface area contributed by atoms with Crippen molar-refractivity contribution in [2.24, 2.45) is 11.8 Å². The molecular formula is C20H24ClN3O4. The van der Waals surface area contributed by atoms with Crippen LogP contribution in [0.25, 0.3) is 11.3 Å². The highest BCUT2D eigenvalue weighted by atomic mass is 35.5. The van der Waals surface area contributed by atoms with E-state index in [1.165, 1.54) is 0 Å². The van der Waals surface area contributed by atoms with Gasteiger partial charge in [-0.1, -0.05) is 19.1 Å². The van der Waals surface area contributed by atoms with Crippen LogP contribution in [-0.4, -0.2) is 47.3 Å². The molecule has 1 aliphatic heterocycles. The summed E-state index contributed by atoms with van der Waals surface area (Å²) in [5, 5.41) is 22.8. The van der Waals surface area contributed by atoms with Gasteiger partial charge >= 0.3 is 5.97 Å². The molecule has 2 fully saturated rings. The van der Waals surface area contributed by atoms with Crippen molar-refractivity contribution in [3.63, 3.8) is 0 Å². The minimum absolute atomic E-state index is 0. The second-order valence-electron chi connectivity index (χ2n) is 7.28. The van der Waals surface area contributed by atoms with E-state index in [0.29, 0.717) is 23.7 Å². The van der Waals surface area contributed by atoms with Crippen LogP contribution in [-0.2, 0) is 6.42 Å². The third-order valence-electron chi connectivity index (χ3n) is 5.91. The Kier molecular flexibility index (Phi) is 5.41. The Labute approximate surface area is 168 Å². The van der Waals surface area contributed by atoms with E-state index in [1.807, 2.05) is 38.2 Å². The predicted molar refractivity (Wildman–Crippen MR) is 110 cm³/mol. The maximum absolute atomic E-state index is 12.1. The summed E-state index contributed by atoms with van der Waals surface area (Å²) in [5.41, 5.74) is 1.37. The molecule has 0 bridgehead atoms. The number of halogens is 1. The number of carboxylic acid groups (broad SMARTS) is 1. The second-order valence-corrected chi connectivity index (χ2v) is 7.28. The number of aromatic carboxylic acids is 1. The zero-order chi connectivity index (χ0) is 19.3. The molecule has 1 saturated heterocycles. The van der Waals surface area contributed by atoms with Gasteiger partial charge in [0.05, 0.1) is 5.69 Å². The molecule has 0 radical (unpaired) electrons. The fourth-order valence-electron chi connectivity index (χ4n) is 4.42. The van der Waals surface area contributed by atoms with E-state index in [2.05, 4.69) is 15.2 Å². The molecule has 2 aliphatic rings. The standard InChI is InChI=1S/C20H23N3O4.ClH/c1-3-12-16(22-19(25)15(18(12)24)20(26)27)10-4-6-11(7-5-10)23-8-13-14(9-23)17(13)21-2;/h4-7,13-14,17,21H,3,8-9H2,1-2H3,(H,26,27)(H2,22,24,25);1H/t13-,14+,17?;.